The van der Waals surface area contributed by atoms with Crippen molar-refractivity contribution in [1.82, 2.24) is 4.90 Å². The molecule has 1 aliphatic carbocycles. The number of carbonyl (C=O) groups is 2. The van der Waals surface area contributed by atoms with Gasteiger partial charge in [-0.3, -0.25) is 9.59 Å². The maximum absolute atomic E-state index is 12.2. The average Bonchev–Trinajstić information content (AvgIpc) is 3.22. The smallest absolute Gasteiger partial charge is 0.305 e. The quantitative estimate of drug-likeness (QED) is 0.794. The van der Waals surface area contributed by atoms with Crippen LogP contribution in [0.4, 0.5) is 0 Å². The van der Waals surface area contributed by atoms with E-state index in [0.29, 0.717) is 5.92 Å². The molecule has 1 aliphatic heterocycles. The van der Waals surface area contributed by atoms with Crippen molar-refractivity contribution in [2.75, 3.05) is 19.7 Å². The van der Waals surface area contributed by atoms with Gasteiger partial charge in [-0.15, -0.1) is 0 Å². The maximum atomic E-state index is 12.2. The lowest BCUT2D eigenvalue weighted by molar-refractivity contribution is -0.139. The van der Waals surface area contributed by atoms with Gasteiger partial charge >= 0.3 is 5.97 Å². The third-order valence-electron chi connectivity index (χ3n) is 4.14. The molecule has 0 aromatic rings. The SMILES string of the molecule is CC(C(=O)N1CCC(OCCC(=O)O)CC1)C1CC1. The number of carboxylic acids is 1. The Bertz CT molecular complexity index is 332. The lowest BCUT2D eigenvalue weighted by atomic mass is 10.0. The van der Waals surface area contributed by atoms with E-state index in [1.54, 1.807) is 0 Å². The van der Waals surface area contributed by atoms with Crippen LogP contribution in [0.1, 0.15) is 39.0 Å². The minimum atomic E-state index is -0.828. The first-order valence-electron chi connectivity index (χ1n) is 7.20. The van der Waals surface area contributed by atoms with Crippen molar-refractivity contribution < 1.29 is 19.4 Å². The second-order valence-electron chi connectivity index (χ2n) is 5.67. The highest BCUT2D eigenvalue weighted by molar-refractivity contribution is 5.79. The monoisotopic (exact) mass is 269 g/mol. The standard InChI is InChI=1S/C14H23NO4/c1-10(11-2-3-11)14(18)15-7-4-12(5-8-15)19-9-6-13(16)17/h10-12H,2-9H2,1H3,(H,16,17). The summed E-state index contributed by atoms with van der Waals surface area (Å²) < 4.78 is 5.52. The molecule has 1 saturated carbocycles. The van der Waals surface area contributed by atoms with Gasteiger partial charge in [-0.05, 0) is 31.6 Å². The molecule has 0 aromatic carbocycles. The van der Waals surface area contributed by atoms with E-state index in [4.69, 9.17) is 9.84 Å². The molecule has 19 heavy (non-hydrogen) atoms. The van der Waals surface area contributed by atoms with Crippen LogP contribution in [0.15, 0.2) is 0 Å². The molecule has 1 atom stereocenters. The fraction of sp³-hybridized carbons (Fsp3) is 0.857. The van der Waals surface area contributed by atoms with Crippen LogP contribution < -0.4 is 0 Å². The number of ether oxygens (including phenoxy) is 1. The van der Waals surface area contributed by atoms with Gasteiger partial charge in [0.1, 0.15) is 0 Å². The van der Waals surface area contributed by atoms with E-state index in [9.17, 15) is 9.59 Å². The summed E-state index contributed by atoms with van der Waals surface area (Å²) in [5.74, 6) is 0.235. The molecule has 0 bridgehead atoms. The summed E-state index contributed by atoms with van der Waals surface area (Å²) in [6, 6.07) is 0. The number of hydrogen-bond donors (Lipinski definition) is 1. The van der Waals surface area contributed by atoms with Gasteiger partial charge in [0.15, 0.2) is 0 Å². The lowest BCUT2D eigenvalue weighted by Gasteiger charge is -2.33. The Labute approximate surface area is 113 Å². The average molecular weight is 269 g/mol. The molecule has 2 fully saturated rings. The van der Waals surface area contributed by atoms with E-state index in [1.807, 2.05) is 11.8 Å². The summed E-state index contributed by atoms with van der Waals surface area (Å²) in [7, 11) is 0. The maximum Gasteiger partial charge on any atom is 0.305 e. The Morgan fingerprint density at radius 2 is 1.89 bits per heavy atom. The summed E-state index contributed by atoms with van der Waals surface area (Å²) in [5.41, 5.74) is 0. The zero-order chi connectivity index (χ0) is 13.8. The first kappa shape index (κ1) is 14.3. The molecule has 5 heteroatoms. The molecule has 1 unspecified atom stereocenters. The molecular weight excluding hydrogens is 246 g/mol. The Balaban J connectivity index is 1.66. The molecule has 2 rings (SSSR count). The highest BCUT2D eigenvalue weighted by atomic mass is 16.5. The van der Waals surface area contributed by atoms with Gasteiger partial charge in [0.2, 0.25) is 5.91 Å². The second kappa shape index (κ2) is 6.37. The molecule has 0 spiro atoms. The van der Waals surface area contributed by atoms with Gasteiger partial charge in [0, 0.05) is 19.0 Å². The molecule has 5 nitrogen and oxygen atoms in total. The van der Waals surface area contributed by atoms with Crippen LogP contribution in [0.2, 0.25) is 0 Å². The van der Waals surface area contributed by atoms with Crippen molar-refractivity contribution in [3.8, 4) is 0 Å². The van der Waals surface area contributed by atoms with E-state index >= 15 is 0 Å². The third-order valence-corrected chi connectivity index (χ3v) is 4.14. The van der Waals surface area contributed by atoms with Gasteiger partial charge in [-0.2, -0.15) is 0 Å². The number of amides is 1. The second-order valence-corrected chi connectivity index (χ2v) is 5.67. The van der Waals surface area contributed by atoms with Crippen LogP contribution in [0, 0.1) is 11.8 Å². The highest BCUT2D eigenvalue weighted by Gasteiger charge is 2.35. The van der Waals surface area contributed by atoms with E-state index in [0.717, 1.165) is 25.9 Å². The number of likely N-dealkylation sites (tertiary alicyclic amines) is 1. The van der Waals surface area contributed by atoms with Crippen LogP contribution in [0.25, 0.3) is 0 Å². The minimum Gasteiger partial charge on any atom is -0.481 e. The Morgan fingerprint density at radius 1 is 1.26 bits per heavy atom. The molecule has 1 amide bonds. The number of rotatable bonds is 6. The molecular formula is C14H23NO4. The van der Waals surface area contributed by atoms with E-state index in [2.05, 4.69) is 0 Å². The van der Waals surface area contributed by atoms with Gasteiger partial charge < -0.3 is 14.7 Å². The highest BCUT2D eigenvalue weighted by Crippen LogP contribution is 2.37. The largest absolute Gasteiger partial charge is 0.481 e. The number of piperidine rings is 1. The fourth-order valence-corrected chi connectivity index (χ4v) is 2.64. The normalized spacial score (nSPS) is 22.3. The summed E-state index contributed by atoms with van der Waals surface area (Å²) in [4.78, 5) is 24.5. The van der Waals surface area contributed by atoms with Crippen molar-refractivity contribution in [3.63, 3.8) is 0 Å². The number of carboxylic acid groups (broad SMARTS) is 1. The molecule has 1 saturated heterocycles. The third kappa shape index (κ3) is 4.20. The minimum absolute atomic E-state index is 0.0534. The topological polar surface area (TPSA) is 66.8 Å². The number of aliphatic carboxylic acids is 1. The lowest BCUT2D eigenvalue weighted by Crippen LogP contribution is -2.43. The van der Waals surface area contributed by atoms with Gasteiger partial charge in [0.25, 0.3) is 0 Å². The Hall–Kier alpha value is -1.10. The van der Waals surface area contributed by atoms with Crippen molar-refractivity contribution in [2.45, 2.75) is 45.1 Å². The Morgan fingerprint density at radius 3 is 2.42 bits per heavy atom. The van der Waals surface area contributed by atoms with Crippen LogP contribution in [0.3, 0.4) is 0 Å². The summed E-state index contributed by atoms with van der Waals surface area (Å²) in [6.07, 6.45) is 4.20. The molecule has 1 heterocycles. The predicted molar refractivity (Wildman–Crippen MR) is 69.7 cm³/mol. The number of hydrogen-bond acceptors (Lipinski definition) is 3. The van der Waals surface area contributed by atoms with Crippen molar-refractivity contribution in [2.24, 2.45) is 11.8 Å². The first-order chi connectivity index (χ1) is 9.08. The van der Waals surface area contributed by atoms with Gasteiger partial charge in [-0.1, -0.05) is 6.92 Å². The van der Waals surface area contributed by atoms with E-state index in [1.165, 1.54) is 12.8 Å². The number of carbonyl (C=O) groups excluding carboxylic acids is 1. The van der Waals surface area contributed by atoms with Crippen LogP contribution >= 0.6 is 0 Å². The zero-order valence-corrected chi connectivity index (χ0v) is 11.5. The van der Waals surface area contributed by atoms with Crippen molar-refractivity contribution in [1.29, 1.82) is 0 Å². The van der Waals surface area contributed by atoms with Crippen LogP contribution in [-0.2, 0) is 14.3 Å². The molecule has 0 radical (unpaired) electrons. The van der Waals surface area contributed by atoms with Crippen LogP contribution in [0.5, 0.6) is 0 Å². The summed E-state index contributed by atoms with van der Waals surface area (Å²) >= 11 is 0. The predicted octanol–water partition coefficient (Wildman–Crippen LogP) is 1.51. The van der Waals surface area contributed by atoms with Crippen LogP contribution in [-0.4, -0.2) is 47.7 Å². The fourth-order valence-electron chi connectivity index (χ4n) is 2.64. The molecule has 1 N–H and O–H groups in total. The Kier molecular flexibility index (Phi) is 4.80. The molecule has 0 aromatic heterocycles. The summed E-state index contributed by atoms with van der Waals surface area (Å²) in [6.45, 7) is 3.79. The van der Waals surface area contributed by atoms with Crippen molar-refractivity contribution in [3.05, 3.63) is 0 Å². The van der Waals surface area contributed by atoms with Crippen molar-refractivity contribution >= 4 is 11.9 Å². The van der Waals surface area contributed by atoms with E-state index < -0.39 is 5.97 Å². The van der Waals surface area contributed by atoms with E-state index in [-0.39, 0.29) is 31.0 Å². The first-order valence-corrected chi connectivity index (χ1v) is 7.20. The van der Waals surface area contributed by atoms with Gasteiger partial charge in [0.05, 0.1) is 19.1 Å². The molecule has 2 aliphatic rings. The zero-order valence-electron chi connectivity index (χ0n) is 11.5. The number of nitrogens with zero attached hydrogens (tertiary/aromatic N) is 1. The van der Waals surface area contributed by atoms with Gasteiger partial charge in [-0.25, -0.2) is 0 Å². The molecule has 108 valence electrons. The summed E-state index contributed by atoms with van der Waals surface area (Å²) in [5, 5.41) is 8.54.